The van der Waals surface area contributed by atoms with Crippen molar-refractivity contribution in [1.82, 2.24) is 9.80 Å². The average Bonchev–Trinajstić information content (AvgIpc) is 2.17. The van der Waals surface area contributed by atoms with Gasteiger partial charge in [-0.3, -0.25) is 9.80 Å². The van der Waals surface area contributed by atoms with Crippen LogP contribution in [0.15, 0.2) is 0 Å². The second-order valence-corrected chi connectivity index (χ2v) is 5.54. The highest BCUT2D eigenvalue weighted by Crippen LogP contribution is 2.18. The van der Waals surface area contributed by atoms with E-state index in [1.165, 1.54) is 6.54 Å². The van der Waals surface area contributed by atoms with Gasteiger partial charge in [0.1, 0.15) is 0 Å². The highest BCUT2D eigenvalue weighted by Gasteiger charge is 2.26. The molecule has 3 nitrogen and oxygen atoms in total. The molecule has 1 heterocycles. The van der Waals surface area contributed by atoms with Crippen LogP contribution in [0.5, 0.6) is 0 Å². The molecular weight excluding hydrogens is 188 g/mol. The molecule has 0 aromatic rings. The SMILES string of the molecule is CCN1CCN(CC(C)(C)CO)CC1C. The Bertz CT molecular complexity index is 194. The zero-order valence-corrected chi connectivity index (χ0v) is 10.7. The van der Waals surface area contributed by atoms with Crippen LogP contribution in [-0.4, -0.2) is 60.3 Å². The Morgan fingerprint density at radius 3 is 2.47 bits per heavy atom. The quantitative estimate of drug-likeness (QED) is 0.757. The van der Waals surface area contributed by atoms with E-state index in [0.717, 1.165) is 26.2 Å². The summed E-state index contributed by atoms with van der Waals surface area (Å²) in [5.41, 5.74) is 0.0358. The molecule has 1 fully saturated rings. The number of aliphatic hydroxyl groups is 1. The maximum Gasteiger partial charge on any atom is 0.0494 e. The van der Waals surface area contributed by atoms with E-state index in [1.54, 1.807) is 0 Å². The standard InChI is InChI=1S/C12H26N2O/c1-5-14-7-6-13(8-11(14)2)9-12(3,4)10-15/h11,15H,5-10H2,1-4H3. The summed E-state index contributed by atoms with van der Waals surface area (Å²) >= 11 is 0. The number of hydrogen-bond acceptors (Lipinski definition) is 3. The zero-order chi connectivity index (χ0) is 11.5. The summed E-state index contributed by atoms with van der Waals surface area (Å²) in [4.78, 5) is 5.00. The van der Waals surface area contributed by atoms with Crippen molar-refractivity contribution < 1.29 is 5.11 Å². The van der Waals surface area contributed by atoms with Gasteiger partial charge < -0.3 is 5.11 Å². The van der Waals surface area contributed by atoms with Crippen LogP contribution in [-0.2, 0) is 0 Å². The summed E-state index contributed by atoms with van der Waals surface area (Å²) in [5.74, 6) is 0. The van der Waals surface area contributed by atoms with Crippen molar-refractivity contribution in [3.8, 4) is 0 Å². The zero-order valence-electron chi connectivity index (χ0n) is 10.7. The lowest BCUT2D eigenvalue weighted by molar-refractivity contribution is 0.0429. The molecular formula is C12H26N2O. The molecule has 0 saturated carbocycles. The third-order valence-electron chi connectivity index (χ3n) is 3.34. The third-order valence-corrected chi connectivity index (χ3v) is 3.34. The Morgan fingerprint density at radius 1 is 1.33 bits per heavy atom. The van der Waals surface area contributed by atoms with Gasteiger partial charge in [0.15, 0.2) is 0 Å². The minimum Gasteiger partial charge on any atom is -0.396 e. The summed E-state index contributed by atoms with van der Waals surface area (Å²) in [6.45, 7) is 14.6. The first-order chi connectivity index (χ1) is 6.98. The minimum absolute atomic E-state index is 0.0358. The third kappa shape index (κ3) is 3.74. The van der Waals surface area contributed by atoms with Crippen LogP contribution in [0, 0.1) is 5.41 Å². The summed E-state index contributed by atoms with van der Waals surface area (Å²) in [6, 6.07) is 0.651. The predicted molar refractivity (Wildman–Crippen MR) is 64.0 cm³/mol. The van der Waals surface area contributed by atoms with E-state index in [0.29, 0.717) is 6.04 Å². The van der Waals surface area contributed by atoms with Crippen molar-refractivity contribution in [3.63, 3.8) is 0 Å². The van der Waals surface area contributed by atoms with E-state index >= 15 is 0 Å². The predicted octanol–water partition coefficient (Wildman–Crippen LogP) is 1.03. The molecule has 1 N–H and O–H groups in total. The van der Waals surface area contributed by atoms with Gasteiger partial charge in [0.05, 0.1) is 0 Å². The molecule has 1 aliphatic rings. The Morgan fingerprint density at radius 2 is 2.00 bits per heavy atom. The first-order valence-electron chi connectivity index (χ1n) is 6.06. The van der Waals surface area contributed by atoms with E-state index < -0.39 is 0 Å². The lowest BCUT2D eigenvalue weighted by Crippen LogP contribution is -2.53. The van der Waals surface area contributed by atoms with Crippen LogP contribution in [0.25, 0.3) is 0 Å². The van der Waals surface area contributed by atoms with Gasteiger partial charge in [0.25, 0.3) is 0 Å². The largest absolute Gasteiger partial charge is 0.396 e. The van der Waals surface area contributed by atoms with E-state index in [-0.39, 0.29) is 12.0 Å². The molecule has 0 aromatic carbocycles. The van der Waals surface area contributed by atoms with E-state index in [2.05, 4.69) is 37.5 Å². The number of hydrogen-bond donors (Lipinski definition) is 1. The summed E-state index contributed by atoms with van der Waals surface area (Å²) in [5, 5.41) is 9.25. The van der Waals surface area contributed by atoms with Gasteiger partial charge in [-0.25, -0.2) is 0 Å². The van der Waals surface area contributed by atoms with Gasteiger partial charge in [-0.2, -0.15) is 0 Å². The topological polar surface area (TPSA) is 26.7 Å². The average molecular weight is 214 g/mol. The Kier molecular flexibility index (Phi) is 4.56. The lowest BCUT2D eigenvalue weighted by Gasteiger charge is -2.42. The smallest absolute Gasteiger partial charge is 0.0494 e. The fourth-order valence-electron chi connectivity index (χ4n) is 2.34. The van der Waals surface area contributed by atoms with Crippen LogP contribution in [0.2, 0.25) is 0 Å². The second kappa shape index (κ2) is 5.28. The second-order valence-electron chi connectivity index (χ2n) is 5.54. The molecule has 0 aliphatic carbocycles. The molecule has 1 aliphatic heterocycles. The molecule has 3 heteroatoms. The number of piperazine rings is 1. The number of nitrogens with zero attached hydrogens (tertiary/aromatic N) is 2. The van der Waals surface area contributed by atoms with Crippen LogP contribution in [0.3, 0.4) is 0 Å². The number of aliphatic hydroxyl groups excluding tert-OH is 1. The Hall–Kier alpha value is -0.120. The summed E-state index contributed by atoms with van der Waals surface area (Å²) < 4.78 is 0. The molecule has 15 heavy (non-hydrogen) atoms. The van der Waals surface area contributed by atoms with Crippen molar-refractivity contribution in [2.75, 3.05) is 39.3 Å². The van der Waals surface area contributed by atoms with Crippen molar-refractivity contribution in [1.29, 1.82) is 0 Å². The Balaban J connectivity index is 2.41. The summed E-state index contributed by atoms with van der Waals surface area (Å²) in [6.07, 6.45) is 0. The van der Waals surface area contributed by atoms with Crippen LogP contribution < -0.4 is 0 Å². The summed E-state index contributed by atoms with van der Waals surface area (Å²) in [7, 11) is 0. The molecule has 1 saturated heterocycles. The molecule has 0 radical (unpaired) electrons. The fraction of sp³-hybridized carbons (Fsp3) is 1.00. The van der Waals surface area contributed by atoms with Gasteiger partial charge in [-0.1, -0.05) is 20.8 Å². The lowest BCUT2D eigenvalue weighted by atomic mass is 9.93. The highest BCUT2D eigenvalue weighted by atomic mass is 16.3. The monoisotopic (exact) mass is 214 g/mol. The van der Waals surface area contributed by atoms with Crippen molar-refractivity contribution >= 4 is 0 Å². The van der Waals surface area contributed by atoms with Gasteiger partial charge in [-0.05, 0) is 13.5 Å². The van der Waals surface area contributed by atoms with Crippen molar-refractivity contribution in [2.24, 2.45) is 5.41 Å². The first kappa shape index (κ1) is 12.9. The normalized spacial score (nSPS) is 25.8. The molecule has 0 spiro atoms. The van der Waals surface area contributed by atoms with Gasteiger partial charge in [0, 0.05) is 44.2 Å². The van der Waals surface area contributed by atoms with Gasteiger partial charge >= 0.3 is 0 Å². The van der Waals surface area contributed by atoms with E-state index in [9.17, 15) is 5.11 Å². The molecule has 1 rings (SSSR count). The van der Waals surface area contributed by atoms with Crippen LogP contribution >= 0.6 is 0 Å². The van der Waals surface area contributed by atoms with Crippen molar-refractivity contribution in [2.45, 2.75) is 33.7 Å². The molecule has 0 amide bonds. The van der Waals surface area contributed by atoms with E-state index in [4.69, 9.17) is 0 Å². The van der Waals surface area contributed by atoms with E-state index in [1.807, 2.05) is 0 Å². The number of rotatable bonds is 4. The number of likely N-dealkylation sites (N-methyl/N-ethyl adjacent to an activating group) is 1. The first-order valence-corrected chi connectivity index (χ1v) is 6.06. The fourth-order valence-corrected chi connectivity index (χ4v) is 2.34. The molecule has 0 bridgehead atoms. The molecule has 1 atom stereocenters. The van der Waals surface area contributed by atoms with Crippen LogP contribution in [0.1, 0.15) is 27.7 Å². The van der Waals surface area contributed by atoms with Gasteiger partial charge in [0.2, 0.25) is 0 Å². The van der Waals surface area contributed by atoms with Crippen LogP contribution in [0.4, 0.5) is 0 Å². The molecule has 1 unspecified atom stereocenters. The minimum atomic E-state index is 0.0358. The van der Waals surface area contributed by atoms with Crippen molar-refractivity contribution in [3.05, 3.63) is 0 Å². The highest BCUT2D eigenvalue weighted by molar-refractivity contribution is 4.82. The Labute approximate surface area is 94.1 Å². The van der Waals surface area contributed by atoms with Gasteiger partial charge in [-0.15, -0.1) is 0 Å². The molecule has 90 valence electrons. The maximum atomic E-state index is 9.25. The molecule has 0 aromatic heterocycles. The maximum absolute atomic E-state index is 9.25.